The summed E-state index contributed by atoms with van der Waals surface area (Å²) in [5, 5.41) is 20.9. The summed E-state index contributed by atoms with van der Waals surface area (Å²) in [6.45, 7) is 9.39. The van der Waals surface area contributed by atoms with E-state index in [1.807, 2.05) is 11.8 Å². The third-order valence-corrected chi connectivity index (χ3v) is 6.01. The first kappa shape index (κ1) is 21.3. The molecule has 0 radical (unpaired) electrons. The Balaban J connectivity index is 2.19. The maximum atomic E-state index is 10.6. The highest BCUT2D eigenvalue weighted by Crippen LogP contribution is 2.26. The first-order chi connectivity index (χ1) is 10.8. The van der Waals surface area contributed by atoms with Crippen LogP contribution in [0.3, 0.4) is 0 Å². The van der Waals surface area contributed by atoms with Crippen LogP contribution in [0.5, 0.6) is 0 Å². The lowest BCUT2D eigenvalue weighted by molar-refractivity contribution is -0.0904. The summed E-state index contributed by atoms with van der Waals surface area (Å²) >= 11 is 1.87. The molecular weight excluding hydrogens is 308 g/mol. The molecule has 0 amide bonds. The molecule has 0 bridgehead atoms. The van der Waals surface area contributed by atoms with E-state index in [4.69, 9.17) is 4.74 Å². The molecule has 1 aliphatic rings. The van der Waals surface area contributed by atoms with Crippen molar-refractivity contribution in [1.82, 2.24) is 0 Å². The van der Waals surface area contributed by atoms with Crippen molar-refractivity contribution in [2.45, 2.75) is 90.4 Å². The van der Waals surface area contributed by atoms with Crippen molar-refractivity contribution in [3.8, 4) is 0 Å². The smallest absolute Gasteiger partial charge is 0.0878 e. The molecule has 1 rings (SSSR count). The summed E-state index contributed by atoms with van der Waals surface area (Å²) in [4.78, 5) is 0. The summed E-state index contributed by atoms with van der Waals surface area (Å²) in [7, 11) is 0. The summed E-state index contributed by atoms with van der Waals surface area (Å²) in [5.41, 5.74) is -0.997. The molecule has 4 heteroatoms. The van der Waals surface area contributed by atoms with Gasteiger partial charge < -0.3 is 14.9 Å². The molecule has 0 aromatic rings. The van der Waals surface area contributed by atoms with Crippen molar-refractivity contribution in [2.24, 2.45) is 11.8 Å². The Morgan fingerprint density at radius 1 is 1.17 bits per heavy atom. The van der Waals surface area contributed by atoms with Crippen molar-refractivity contribution in [2.75, 3.05) is 18.1 Å². The number of ether oxygens (including phenoxy) is 1. The third-order valence-electron chi connectivity index (χ3n) is 4.95. The van der Waals surface area contributed by atoms with Gasteiger partial charge >= 0.3 is 0 Å². The van der Waals surface area contributed by atoms with Crippen LogP contribution in [-0.2, 0) is 4.74 Å². The van der Waals surface area contributed by atoms with Crippen LogP contribution < -0.4 is 0 Å². The standard InChI is InChI=1S/C19H38O3S/c1-15(2)7-5-8-16(3)9-6-10-19(4,21)18(20)13-17-14-23-12-11-22-17/h15-18,20-21H,5-14H2,1-4H3. The van der Waals surface area contributed by atoms with Gasteiger partial charge in [0.15, 0.2) is 0 Å². The van der Waals surface area contributed by atoms with Gasteiger partial charge in [-0.05, 0) is 25.2 Å². The molecule has 2 N–H and O–H groups in total. The normalized spacial score (nSPS) is 24.4. The van der Waals surface area contributed by atoms with Gasteiger partial charge in [-0.2, -0.15) is 11.8 Å². The van der Waals surface area contributed by atoms with Gasteiger partial charge in [0.1, 0.15) is 0 Å². The summed E-state index contributed by atoms with van der Waals surface area (Å²) in [6, 6.07) is 0. The van der Waals surface area contributed by atoms with Gasteiger partial charge in [0.2, 0.25) is 0 Å². The van der Waals surface area contributed by atoms with Gasteiger partial charge in [-0.1, -0.05) is 52.9 Å². The van der Waals surface area contributed by atoms with Crippen molar-refractivity contribution < 1.29 is 14.9 Å². The fourth-order valence-corrected chi connectivity index (χ4v) is 4.05. The molecule has 1 heterocycles. The Hall–Kier alpha value is 0.230. The van der Waals surface area contributed by atoms with E-state index in [1.54, 1.807) is 6.92 Å². The van der Waals surface area contributed by atoms with Gasteiger partial charge in [-0.3, -0.25) is 0 Å². The molecule has 0 aromatic carbocycles. The second-order valence-corrected chi connectivity index (χ2v) is 9.15. The number of rotatable bonds is 11. The van der Waals surface area contributed by atoms with E-state index >= 15 is 0 Å². The van der Waals surface area contributed by atoms with Gasteiger partial charge in [0, 0.05) is 17.9 Å². The zero-order chi connectivity index (χ0) is 17.3. The zero-order valence-corrected chi connectivity index (χ0v) is 16.4. The van der Waals surface area contributed by atoms with E-state index in [0.29, 0.717) is 18.8 Å². The van der Waals surface area contributed by atoms with Crippen LogP contribution in [0, 0.1) is 11.8 Å². The Morgan fingerprint density at radius 3 is 2.48 bits per heavy atom. The van der Waals surface area contributed by atoms with Crippen LogP contribution in [0.2, 0.25) is 0 Å². The molecule has 4 atom stereocenters. The molecule has 0 aliphatic carbocycles. The second kappa shape index (κ2) is 11.0. The third kappa shape index (κ3) is 9.33. The Labute approximate surface area is 147 Å². The van der Waals surface area contributed by atoms with Crippen LogP contribution in [0.15, 0.2) is 0 Å². The summed E-state index contributed by atoms with van der Waals surface area (Å²) in [5.74, 6) is 3.47. The quantitative estimate of drug-likeness (QED) is 0.587. The number of hydrogen-bond donors (Lipinski definition) is 2. The molecule has 23 heavy (non-hydrogen) atoms. The minimum absolute atomic E-state index is 0.0881. The van der Waals surface area contributed by atoms with E-state index in [1.165, 1.54) is 19.3 Å². The monoisotopic (exact) mass is 346 g/mol. The van der Waals surface area contributed by atoms with Gasteiger partial charge in [-0.15, -0.1) is 0 Å². The number of hydrogen-bond acceptors (Lipinski definition) is 4. The summed E-state index contributed by atoms with van der Waals surface area (Å²) < 4.78 is 5.66. The fraction of sp³-hybridized carbons (Fsp3) is 1.00. The van der Waals surface area contributed by atoms with Crippen LogP contribution in [0.4, 0.5) is 0 Å². The van der Waals surface area contributed by atoms with E-state index in [-0.39, 0.29) is 6.10 Å². The topological polar surface area (TPSA) is 49.7 Å². The predicted octanol–water partition coefficient (Wildman–Crippen LogP) is 4.25. The van der Waals surface area contributed by atoms with Crippen LogP contribution >= 0.6 is 11.8 Å². The Morgan fingerprint density at radius 2 is 1.87 bits per heavy atom. The molecule has 1 aliphatic heterocycles. The van der Waals surface area contributed by atoms with Crippen molar-refractivity contribution in [1.29, 1.82) is 0 Å². The largest absolute Gasteiger partial charge is 0.390 e. The zero-order valence-electron chi connectivity index (χ0n) is 15.6. The fourth-order valence-electron chi connectivity index (χ4n) is 3.17. The average molecular weight is 347 g/mol. The van der Waals surface area contributed by atoms with Crippen molar-refractivity contribution in [3.05, 3.63) is 0 Å². The molecule has 0 saturated carbocycles. The lowest BCUT2D eigenvalue weighted by atomic mass is 9.87. The van der Waals surface area contributed by atoms with Crippen LogP contribution in [-0.4, -0.2) is 46.1 Å². The molecular formula is C19H38O3S. The predicted molar refractivity (Wildman–Crippen MR) is 100 cm³/mol. The maximum absolute atomic E-state index is 10.6. The lowest BCUT2D eigenvalue weighted by Gasteiger charge is -2.33. The molecule has 1 fully saturated rings. The minimum atomic E-state index is -0.997. The Bertz CT molecular complexity index is 301. The van der Waals surface area contributed by atoms with Gasteiger partial charge in [0.05, 0.1) is 24.4 Å². The molecule has 0 aromatic heterocycles. The number of thioether (sulfide) groups is 1. The van der Waals surface area contributed by atoms with Crippen molar-refractivity contribution >= 4 is 11.8 Å². The SMILES string of the molecule is CC(C)CCCC(C)CCCC(C)(O)C(O)CC1CSCCO1. The van der Waals surface area contributed by atoms with E-state index in [0.717, 1.165) is 36.9 Å². The van der Waals surface area contributed by atoms with Crippen LogP contribution in [0.1, 0.15) is 72.6 Å². The first-order valence-corrected chi connectivity index (χ1v) is 10.6. The molecule has 138 valence electrons. The van der Waals surface area contributed by atoms with E-state index in [2.05, 4.69) is 20.8 Å². The van der Waals surface area contributed by atoms with Crippen molar-refractivity contribution in [3.63, 3.8) is 0 Å². The first-order valence-electron chi connectivity index (χ1n) is 9.41. The highest BCUT2D eigenvalue weighted by Gasteiger charge is 2.32. The van der Waals surface area contributed by atoms with E-state index < -0.39 is 11.7 Å². The molecule has 3 nitrogen and oxygen atoms in total. The lowest BCUT2D eigenvalue weighted by Crippen LogP contribution is -2.42. The number of aliphatic hydroxyl groups is 2. The summed E-state index contributed by atoms with van der Waals surface area (Å²) in [6.07, 6.45) is 6.61. The Kier molecular flexibility index (Phi) is 10.1. The number of aliphatic hydroxyl groups excluding tert-OH is 1. The molecule has 0 spiro atoms. The maximum Gasteiger partial charge on any atom is 0.0878 e. The molecule has 1 saturated heterocycles. The van der Waals surface area contributed by atoms with Crippen LogP contribution in [0.25, 0.3) is 0 Å². The second-order valence-electron chi connectivity index (χ2n) is 8.00. The highest BCUT2D eigenvalue weighted by atomic mass is 32.2. The van der Waals surface area contributed by atoms with Gasteiger partial charge in [0.25, 0.3) is 0 Å². The van der Waals surface area contributed by atoms with Gasteiger partial charge in [-0.25, -0.2) is 0 Å². The molecule has 4 unspecified atom stereocenters. The minimum Gasteiger partial charge on any atom is -0.390 e. The average Bonchev–Trinajstić information content (AvgIpc) is 2.47. The highest BCUT2D eigenvalue weighted by molar-refractivity contribution is 7.99. The van der Waals surface area contributed by atoms with E-state index in [9.17, 15) is 10.2 Å².